The molecule has 0 radical (unpaired) electrons. The van der Waals surface area contributed by atoms with Crippen LogP contribution < -0.4 is 4.72 Å². The van der Waals surface area contributed by atoms with Crippen LogP contribution in [0.2, 0.25) is 0 Å². The minimum absolute atomic E-state index is 0.0746. The average molecular weight is 334 g/mol. The Morgan fingerprint density at radius 1 is 1.28 bits per heavy atom. The van der Waals surface area contributed by atoms with E-state index < -0.39 is 10.0 Å². The first-order valence-electron chi connectivity index (χ1n) is 5.94. The highest BCUT2D eigenvalue weighted by Gasteiger charge is 2.20. The highest BCUT2D eigenvalue weighted by Crippen LogP contribution is 2.22. The summed E-state index contributed by atoms with van der Waals surface area (Å²) in [7, 11) is -3.42. The van der Waals surface area contributed by atoms with Crippen LogP contribution >= 0.6 is 15.9 Å². The van der Waals surface area contributed by atoms with Crippen LogP contribution in [0.25, 0.3) is 0 Å². The first-order valence-corrected chi connectivity index (χ1v) is 8.21. The predicted octanol–water partition coefficient (Wildman–Crippen LogP) is 3.34. The predicted molar refractivity (Wildman–Crippen MR) is 78.2 cm³/mol. The van der Waals surface area contributed by atoms with Gasteiger partial charge in [-0.1, -0.05) is 43.6 Å². The quantitative estimate of drug-likeness (QED) is 0.918. The molecule has 0 spiro atoms. The van der Waals surface area contributed by atoms with E-state index in [1.165, 1.54) is 0 Å². The van der Waals surface area contributed by atoms with Gasteiger partial charge >= 0.3 is 0 Å². The molecule has 0 fully saturated rings. The Bertz CT molecular complexity index is 518. The first-order chi connectivity index (χ1) is 8.15. The lowest BCUT2D eigenvalue weighted by Crippen LogP contribution is -2.32. The number of aryl methyl sites for hydroxylation is 1. The summed E-state index contributed by atoms with van der Waals surface area (Å²) in [5.41, 5.74) is 0.750. The lowest BCUT2D eigenvalue weighted by Gasteiger charge is -2.19. The second-order valence-corrected chi connectivity index (χ2v) is 8.14. The smallest absolute Gasteiger partial charge is 0.211 e. The van der Waals surface area contributed by atoms with Gasteiger partial charge in [-0.05, 0) is 35.6 Å². The molecule has 0 saturated carbocycles. The van der Waals surface area contributed by atoms with Crippen LogP contribution in [-0.2, 0) is 16.4 Å². The molecule has 0 heterocycles. The summed E-state index contributed by atoms with van der Waals surface area (Å²) in [6.45, 7) is 8.37. The van der Waals surface area contributed by atoms with Crippen molar-refractivity contribution >= 4 is 26.0 Å². The first kappa shape index (κ1) is 15.7. The fourth-order valence-electron chi connectivity index (χ4n) is 1.48. The molecule has 1 rings (SSSR count). The van der Waals surface area contributed by atoms with E-state index in [1.54, 1.807) is 12.1 Å². The maximum Gasteiger partial charge on any atom is 0.240 e. The van der Waals surface area contributed by atoms with Gasteiger partial charge in [0.05, 0.1) is 4.90 Å². The molecular formula is C13H20BrNO2S. The molecule has 0 aliphatic rings. The van der Waals surface area contributed by atoms with Crippen molar-refractivity contribution in [3.8, 4) is 0 Å². The molecular weight excluding hydrogens is 314 g/mol. The summed E-state index contributed by atoms with van der Waals surface area (Å²) < 4.78 is 28.1. The molecule has 0 aliphatic carbocycles. The van der Waals surface area contributed by atoms with E-state index in [0.29, 0.717) is 17.9 Å². The molecule has 102 valence electrons. The Balaban J connectivity index is 3.05. The summed E-state index contributed by atoms with van der Waals surface area (Å²) in [6, 6.07) is 5.25. The maximum atomic E-state index is 12.2. The lowest BCUT2D eigenvalue weighted by atomic mass is 9.98. The molecule has 0 unspecified atom stereocenters. The average Bonchev–Trinajstić information content (AvgIpc) is 2.25. The van der Waals surface area contributed by atoms with Crippen molar-refractivity contribution in [3.05, 3.63) is 28.2 Å². The van der Waals surface area contributed by atoms with Gasteiger partial charge in [0.15, 0.2) is 0 Å². The van der Waals surface area contributed by atoms with Crippen molar-refractivity contribution < 1.29 is 8.42 Å². The summed E-state index contributed by atoms with van der Waals surface area (Å²) in [5.74, 6) is 0. The largest absolute Gasteiger partial charge is 0.240 e. The summed E-state index contributed by atoms with van der Waals surface area (Å²) in [5, 5.41) is 0. The van der Waals surface area contributed by atoms with Gasteiger partial charge in [-0.2, -0.15) is 0 Å². The van der Waals surface area contributed by atoms with E-state index in [4.69, 9.17) is 0 Å². The molecule has 1 aromatic carbocycles. The highest BCUT2D eigenvalue weighted by atomic mass is 79.9. The van der Waals surface area contributed by atoms with Gasteiger partial charge in [0, 0.05) is 11.0 Å². The van der Waals surface area contributed by atoms with Crippen LogP contribution in [0.5, 0.6) is 0 Å². The molecule has 0 aromatic heterocycles. The third-order valence-corrected chi connectivity index (χ3v) is 4.48. The van der Waals surface area contributed by atoms with E-state index in [9.17, 15) is 8.42 Å². The molecule has 1 aromatic rings. The number of benzene rings is 1. The fourth-order valence-corrected chi connectivity index (χ4v) is 3.46. The zero-order valence-electron chi connectivity index (χ0n) is 11.2. The molecule has 18 heavy (non-hydrogen) atoms. The van der Waals surface area contributed by atoms with Gasteiger partial charge in [0.2, 0.25) is 10.0 Å². The third-order valence-electron chi connectivity index (χ3n) is 2.49. The zero-order chi connectivity index (χ0) is 14.0. The number of hydrogen-bond acceptors (Lipinski definition) is 2. The normalized spacial score (nSPS) is 12.7. The Morgan fingerprint density at radius 3 is 2.39 bits per heavy atom. The van der Waals surface area contributed by atoms with Crippen LogP contribution in [0.1, 0.15) is 33.3 Å². The number of halogens is 1. The van der Waals surface area contributed by atoms with Crippen LogP contribution in [-0.4, -0.2) is 15.0 Å². The van der Waals surface area contributed by atoms with Crippen molar-refractivity contribution in [1.29, 1.82) is 0 Å². The Labute approximate surface area is 118 Å². The number of sulfonamides is 1. The van der Waals surface area contributed by atoms with Gasteiger partial charge < -0.3 is 0 Å². The lowest BCUT2D eigenvalue weighted by molar-refractivity contribution is 0.407. The van der Waals surface area contributed by atoms with E-state index >= 15 is 0 Å². The van der Waals surface area contributed by atoms with Crippen molar-refractivity contribution in [3.63, 3.8) is 0 Å². The summed E-state index contributed by atoms with van der Waals surface area (Å²) in [4.78, 5) is 0.373. The molecule has 1 N–H and O–H groups in total. The van der Waals surface area contributed by atoms with E-state index in [2.05, 4.69) is 20.7 Å². The topological polar surface area (TPSA) is 46.2 Å². The summed E-state index contributed by atoms with van der Waals surface area (Å²) >= 11 is 3.36. The van der Waals surface area contributed by atoms with Gasteiger partial charge in [-0.3, -0.25) is 0 Å². The van der Waals surface area contributed by atoms with E-state index in [0.717, 1.165) is 10.0 Å². The number of nitrogens with one attached hydrogen (secondary N) is 1. The van der Waals surface area contributed by atoms with Crippen molar-refractivity contribution in [1.82, 2.24) is 4.72 Å². The monoisotopic (exact) mass is 333 g/mol. The van der Waals surface area contributed by atoms with Crippen LogP contribution in [0.3, 0.4) is 0 Å². The second kappa shape index (κ2) is 5.72. The van der Waals surface area contributed by atoms with Crippen molar-refractivity contribution in [2.45, 2.75) is 39.0 Å². The standard InChI is InChI=1S/C13H20BrNO2S/c1-5-10-8-11(14)6-7-12(10)18(16,17)15-9-13(2,3)4/h6-8,15H,5,9H2,1-4H3. The van der Waals surface area contributed by atoms with Crippen molar-refractivity contribution in [2.24, 2.45) is 5.41 Å². The van der Waals surface area contributed by atoms with Crippen molar-refractivity contribution in [2.75, 3.05) is 6.54 Å². The fraction of sp³-hybridized carbons (Fsp3) is 0.538. The number of hydrogen-bond donors (Lipinski definition) is 1. The van der Waals surface area contributed by atoms with Gasteiger partial charge in [0.1, 0.15) is 0 Å². The Morgan fingerprint density at radius 2 is 1.89 bits per heavy atom. The Kier molecular flexibility index (Phi) is 4.98. The van der Waals surface area contributed by atoms with E-state index in [-0.39, 0.29) is 5.41 Å². The minimum atomic E-state index is -3.42. The zero-order valence-corrected chi connectivity index (χ0v) is 13.7. The van der Waals surface area contributed by atoms with Gasteiger partial charge in [-0.25, -0.2) is 13.1 Å². The molecule has 0 bridgehead atoms. The molecule has 5 heteroatoms. The number of rotatable bonds is 4. The molecule has 0 amide bonds. The highest BCUT2D eigenvalue weighted by molar-refractivity contribution is 9.10. The molecule has 0 atom stereocenters. The maximum absolute atomic E-state index is 12.2. The molecule has 0 saturated heterocycles. The molecule has 3 nitrogen and oxygen atoms in total. The third kappa shape index (κ3) is 4.37. The van der Waals surface area contributed by atoms with E-state index in [1.807, 2.05) is 33.8 Å². The van der Waals surface area contributed by atoms with Gasteiger partial charge in [-0.15, -0.1) is 0 Å². The minimum Gasteiger partial charge on any atom is -0.211 e. The van der Waals surface area contributed by atoms with Crippen LogP contribution in [0, 0.1) is 5.41 Å². The Hall–Kier alpha value is -0.390. The van der Waals surface area contributed by atoms with Crippen LogP contribution in [0.15, 0.2) is 27.6 Å². The molecule has 0 aliphatic heterocycles. The van der Waals surface area contributed by atoms with Crippen LogP contribution in [0.4, 0.5) is 0 Å². The summed E-state index contributed by atoms with van der Waals surface area (Å²) in [6.07, 6.45) is 0.686. The SMILES string of the molecule is CCc1cc(Br)ccc1S(=O)(=O)NCC(C)(C)C. The second-order valence-electron chi connectivity index (χ2n) is 5.49. The van der Waals surface area contributed by atoms with Gasteiger partial charge in [0.25, 0.3) is 0 Å².